The second-order valence-corrected chi connectivity index (χ2v) is 22.9. The molecule has 0 saturated carbocycles. The summed E-state index contributed by atoms with van der Waals surface area (Å²) in [5.41, 5.74) is 0.158. The quantitative estimate of drug-likeness (QED) is 0.0354. The molecular weight excluding hydrogens is 1130 g/mol. The summed E-state index contributed by atoms with van der Waals surface area (Å²) in [4.78, 5) is 137. The van der Waals surface area contributed by atoms with Crippen LogP contribution in [0.25, 0.3) is 11.2 Å². The van der Waals surface area contributed by atoms with Gasteiger partial charge in [0, 0.05) is 61.0 Å². The molecule has 9 rings (SSSR count). The van der Waals surface area contributed by atoms with Crippen LogP contribution >= 0.6 is 23.5 Å². The number of hydrogen-bond acceptors (Lipinski definition) is 25. The number of nitrogen functional groups attached to an aromatic ring is 1. The number of aryl methyl sites for hydroxylation is 3. The molecule has 5 aromatic heterocycles. The fraction of sp³-hybridized carbons (Fsp3) is 0.575. The zero-order valence-corrected chi connectivity index (χ0v) is 44.1. The third-order valence-corrected chi connectivity index (χ3v) is 16.1. The normalized spacial score (nSPS) is 29.5. The van der Waals surface area contributed by atoms with Gasteiger partial charge in [-0.3, -0.25) is 84.5 Å². The molecule has 432 valence electrons. The molecule has 5 aromatic rings. The van der Waals surface area contributed by atoms with Gasteiger partial charge in [0.2, 0.25) is 5.95 Å². The minimum atomic E-state index is -5.44. The maximum Gasteiger partial charge on any atom is 0.472 e. The summed E-state index contributed by atoms with van der Waals surface area (Å²) in [6.45, 7) is 0.591. The number of rotatable bonds is 20. The Morgan fingerprint density at radius 2 is 0.937 bits per heavy atom. The SMILES string of the molecule is Cc1cn([C@H]2C[C@H](OP(=O)(O)OC[C@H]3O[C@@H](n4cc(C)c(=O)[nH]c4=O)C[C@@H]3OP(=O)(O)OC[C@H]3O[C@@H](n4cc(C)c(=O)[nH]c4=O)C[C@@H]3OP(=O)(O)OC[C@H]3O[C@@H](n4cnc5c(=O)[nH]c(N)nc54)C[C@@H]3O)[C@@H](CO)O2)c(=O)[nH]c1=O. The maximum atomic E-state index is 13.9. The van der Waals surface area contributed by atoms with Crippen LogP contribution in [-0.2, 0) is 59.8 Å². The molecular formula is C40H52N11O25P3. The van der Waals surface area contributed by atoms with Crippen molar-refractivity contribution >= 4 is 40.6 Å². The molecule has 4 aliphatic heterocycles. The first-order chi connectivity index (χ1) is 37.2. The van der Waals surface area contributed by atoms with Crippen LogP contribution in [0.2, 0.25) is 0 Å². The molecule has 4 aliphatic rings. The van der Waals surface area contributed by atoms with Crippen LogP contribution < -0.4 is 45.0 Å². The number of nitrogens with zero attached hydrogens (tertiary/aromatic N) is 6. The lowest BCUT2D eigenvalue weighted by molar-refractivity contribution is -0.0637. The number of phosphoric ester groups is 3. The summed E-state index contributed by atoms with van der Waals surface area (Å²) < 4.78 is 100. The predicted molar refractivity (Wildman–Crippen MR) is 260 cm³/mol. The van der Waals surface area contributed by atoms with Crippen molar-refractivity contribution in [3.8, 4) is 0 Å². The van der Waals surface area contributed by atoms with Gasteiger partial charge in [0.15, 0.2) is 11.2 Å². The van der Waals surface area contributed by atoms with Crippen LogP contribution in [0.1, 0.15) is 67.3 Å². The summed E-state index contributed by atoms with van der Waals surface area (Å²) in [5, 5.41) is 20.8. The zero-order valence-electron chi connectivity index (χ0n) is 41.4. The van der Waals surface area contributed by atoms with Gasteiger partial charge in [-0.15, -0.1) is 0 Å². The molecule has 39 heteroatoms. The van der Waals surface area contributed by atoms with Crippen LogP contribution in [-0.4, -0.2) is 148 Å². The number of aliphatic hydroxyl groups is 2. The smallest absolute Gasteiger partial charge is 0.394 e. The number of aromatic nitrogens is 10. The van der Waals surface area contributed by atoms with Gasteiger partial charge in [0.1, 0.15) is 67.6 Å². The van der Waals surface area contributed by atoms with Gasteiger partial charge in [-0.1, -0.05) is 0 Å². The molecule has 0 aromatic carbocycles. The molecule has 3 unspecified atom stereocenters. The first kappa shape index (κ1) is 58.0. The van der Waals surface area contributed by atoms with Crippen molar-refractivity contribution in [1.82, 2.24) is 48.2 Å². The van der Waals surface area contributed by atoms with Crippen molar-refractivity contribution < 1.29 is 84.7 Å². The van der Waals surface area contributed by atoms with Crippen molar-refractivity contribution in [1.29, 1.82) is 0 Å². The molecule has 0 radical (unpaired) electrons. The van der Waals surface area contributed by atoms with Crippen molar-refractivity contribution in [2.45, 2.75) is 120 Å². The molecule has 4 saturated heterocycles. The van der Waals surface area contributed by atoms with E-state index in [1.807, 2.05) is 0 Å². The van der Waals surface area contributed by atoms with E-state index in [1.54, 1.807) is 0 Å². The van der Waals surface area contributed by atoms with Crippen LogP contribution in [0.15, 0.2) is 58.5 Å². The molecule has 9 heterocycles. The standard InChI is InChI=1S/C40H52N11O25P3/c1-16-8-48(38(58)45-33(16)54)28-5-20(23(11-52)70-28)74-78(63,64)68-13-25-22(7-30(72-25)50-10-18(3)35(56)47-40(50)60)76-79(65,66)69-14-26-21(6-29(73-26)49-9-17(2)34(55)46-39(49)59)75-77(61,62)67-12-24-19(53)4-27(71-24)51-15-42-31-32(51)43-37(41)44-36(31)57/h8-10,15,19-30,52-53H,4-7,11-14H2,1-3H3,(H,61,62)(H,63,64)(H,65,66)(H,45,54,58)(H,46,55,59)(H,47,56,60)(H3,41,43,44,57)/t19-,20-,21-,22-,23+,24+,25+,26+,27+,28+,29+,30+/m0/s1. The van der Waals surface area contributed by atoms with E-state index >= 15 is 0 Å². The van der Waals surface area contributed by atoms with E-state index in [-0.39, 0.29) is 46.6 Å². The Morgan fingerprint density at radius 1 is 0.570 bits per heavy atom. The molecule has 0 amide bonds. The number of anilines is 1. The van der Waals surface area contributed by atoms with Gasteiger partial charge < -0.3 is 49.6 Å². The summed E-state index contributed by atoms with van der Waals surface area (Å²) >= 11 is 0. The number of nitrogens with one attached hydrogen (secondary N) is 4. The number of aliphatic hydroxyl groups excluding tert-OH is 2. The molecule has 36 nitrogen and oxygen atoms in total. The molecule has 0 bridgehead atoms. The van der Waals surface area contributed by atoms with Crippen LogP contribution in [0.5, 0.6) is 0 Å². The van der Waals surface area contributed by atoms with E-state index < -0.39 is 176 Å². The minimum Gasteiger partial charge on any atom is -0.394 e. The van der Waals surface area contributed by atoms with E-state index in [2.05, 4.69) is 29.9 Å². The first-order valence-electron chi connectivity index (χ1n) is 23.7. The Hall–Kier alpha value is -5.72. The van der Waals surface area contributed by atoms with Gasteiger partial charge >= 0.3 is 40.5 Å². The fourth-order valence-electron chi connectivity index (χ4n) is 9.11. The molecule has 15 atom stereocenters. The van der Waals surface area contributed by atoms with E-state index in [0.29, 0.717) is 0 Å². The Labute approximate surface area is 439 Å². The molecule has 0 aliphatic carbocycles. The van der Waals surface area contributed by atoms with E-state index in [0.717, 1.165) is 26.1 Å². The van der Waals surface area contributed by atoms with Crippen molar-refractivity contribution in [2.75, 3.05) is 32.2 Å². The number of ether oxygens (including phenoxy) is 4. The first-order valence-corrected chi connectivity index (χ1v) is 28.2. The lowest BCUT2D eigenvalue weighted by Crippen LogP contribution is -2.33. The highest BCUT2D eigenvalue weighted by Gasteiger charge is 2.48. The summed E-state index contributed by atoms with van der Waals surface area (Å²) in [5.74, 6) is -0.227. The van der Waals surface area contributed by atoms with Gasteiger partial charge in [0.05, 0.1) is 38.9 Å². The Bertz CT molecular complexity index is 3700. The fourth-order valence-corrected chi connectivity index (χ4v) is 12.0. The highest BCUT2D eigenvalue weighted by molar-refractivity contribution is 7.48. The summed E-state index contributed by atoms with van der Waals surface area (Å²) in [6.07, 6.45) is -13.7. The minimum absolute atomic E-state index is 0.0208. The number of phosphoric acid groups is 3. The number of imidazole rings is 1. The van der Waals surface area contributed by atoms with Crippen LogP contribution in [0.3, 0.4) is 0 Å². The third kappa shape index (κ3) is 12.9. The number of nitrogens with two attached hydrogens (primary N) is 1. The van der Waals surface area contributed by atoms with Gasteiger partial charge in [0.25, 0.3) is 22.2 Å². The maximum absolute atomic E-state index is 13.9. The van der Waals surface area contributed by atoms with E-state index in [9.17, 15) is 72.2 Å². The number of hydrogen-bond donors (Lipinski definition) is 10. The molecule has 79 heavy (non-hydrogen) atoms. The Balaban J connectivity index is 0.886. The molecule has 0 spiro atoms. The van der Waals surface area contributed by atoms with Crippen LogP contribution in [0, 0.1) is 20.8 Å². The lowest BCUT2D eigenvalue weighted by Gasteiger charge is -2.25. The topological polar surface area (TPSA) is 499 Å². The predicted octanol–water partition coefficient (Wildman–Crippen LogP) is -2.71. The number of H-pyrrole nitrogens is 4. The van der Waals surface area contributed by atoms with Crippen molar-refractivity contribution in [3.63, 3.8) is 0 Å². The average molecular weight is 1180 g/mol. The highest BCUT2D eigenvalue weighted by atomic mass is 31.2. The van der Waals surface area contributed by atoms with Crippen LogP contribution in [0.4, 0.5) is 5.95 Å². The Kier molecular flexibility index (Phi) is 16.6. The highest BCUT2D eigenvalue weighted by Crippen LogP contribution is 2.53. The average Bonchev–Trinajstić information content (AvgIpc) is 4.23. The largest absolute Gasteiger partial charge is 0.472 e. The van der Waals surface area contributed by atoms with Crippen molar-refractivity contribution in [2.24, 2.45) is 0 Å². The van der Waals surface area contributed by atoms with Crippen molar-refractivity contribution in [3.05, 3.63) is 114 Å². The molecule has 4 fully saturated rings. The van der Waals surface area contributed by atoms with Gasteiger partial charge in [-0.2, -0.15) is 4.98 Å². The third-order valence-electron chi connectivity index (χ3n) is 13.1. The second kappa shape index (κ2) is 22.7. The number of aromatic amines is 4. The monoisotopic (exact) mass is 1180 g/mol. The molecule has 11 N–H and O–H groups in total. The van der Waals surface area contributed by atoms with Gasteiger partial charge in [-0.05, 0) is 20.8 Å². The van der Waals surface area contributed by atoms with E-state index in [1.165, 1.54) is 37.9 Å². The zero-order chi connectivity index (χ0) is 57.0. The van der Waals surface area contributed by atoms with E-state index in [4.69, 9.17) is 51.8 Å². The Morgan fingerprint density at radius 3 is 1.35 bits per heavy atom. The lowest BCUT2D eigenvalue weighted by atomic mass is 10.2. The second-order valence-electron chi connectivity index (χ2n) is 18.6. The summed E-state index contributed by atoms with van der Waals surface area (Å²) in [7, 11) is -15.9. The number of fused-ring (bicyclic) bond motifs is 1. The summed E-state index contributed by atoms with van der Waals surface area (Å²) in [6, 6.07) is 0. The van der Waals surface area contributed by atoms with Gasteiger partial charge in [-0.25, -0.2) is 33.1 Å².